The molecule has 19 heavy (non-hydrogen) atoms. The number of Topliss-reactive ketones (excluding diaryl/α,β-unsaturated/α-hetero) is 1. The fourth-order valence-electron chi connectivity index (χ4n) is 1.40. The summed E-state index contributed by atoms with van der Waals surface area (Å²) < 4.78 is 66.3. The van der Waals surface area contributed by atoms with Crippen LogP contribution in [0.4, 0.5) is 22.0 Å². The van der Waals surface area contributed by atoms with Crippen molar-refractivity contribution >= 4 is 21.7 Å². The second-order valence-electron chi connectivity index (χ2n) is 3.60. The van der Waals surface area contributed by atoms with Gasteiger partial charge in [0.15, 0.2) is 0 Å². The highest BCUT2D eigenvalue weighted by atomic mass is 79.9. The second-order valence-corrected chi connectivity index (χ2v) is 4.51. The molecule has 0 aliphatic heterocycles. The van der Waals surface area contributed by atoms with Gasteiger partial charge >= 0.3 is 12.8 Å². The van der Waals surface area contributed by atoms with Crippen molar-refractivity contribution in [2.75, 3.05) is 0 Å². The zero-order valence-electron chi connectivity index (χ0n) is 9.47. The lowest BCUT2D eigenvalue weighted by molar-refractivity contribution is -0.138. The molecule has 0 saturated heterocycles. The molecule has 1 unspecified atom stereocenters. The summed E-state index contributed by atoms with van der Waals surface area (Å²) in [6.07, 6.45) is -4.69. The van der Waals surface area contributed by atoms with E-state index in [1.54, 1.807) is 0 Å². The summed E-state index contributed by atoms with van der Waals surface area (Å²) in [7, 11) is 0. The maximum atomic E-state index is 12.7. The first-order valence-electron chi connectivity index (χ1n) is 4.93. The normalized spacial score (nSPS) is 13.5. The fourth-order valence-corrected chi connectivity index (χ4v) is 1.78. The van der Waals surface area contributed by atoms with Crippen LogP contribution in [-0.4, -0.2) is 12.4 Å². The molecule has 0 aliphatic rings. The number of carbonyl (C=O) groups is 1. The third-order valence-electron chi connectivity index (χ3n) is 2.18. The molecule has 0 saturated carbocycles. The highest BCUT2D eigenvalue weighted by Gasteiger charge is 2.36. The molecule has 0 N–H and O–H groups in total. The predicted molar refractivity (Wildman–Crippen MR) is 60.4 cm³/mol. The van der Waals surface area contributed by atoms with Crippen LogP contribution in [0.15, 0.2) is 18.2 Å². The SMILES string of the molecule is CC(=O)C(Br)c1cc(OC(F)F)ccc1C(F)(F)F. The van der Waals surface area contributed by atoms with Crippen molar-refractivity contribution in [2.24, 2.45) is 0 Å². The van der Waals surface area contributed by atoms with Gasteiger partial charge in [0.2, 0.25) is 0 Å². The Morgan fingerprint density at radius 2 is 1.89 bits per heavy atom. The van der Waals surface area contributed by atoms with E-state index in [0.717, 1.165) is 19.1 Å². The zero-order chi connectivity index (χ0) is 14.8. The van der Waals surface area contributed by atoms with Crippen molar-refractivity contribution in [2.45, 2.75) is 24.5 Å². The van der Waals surface area contributed by atoms with Crippen molar-refractivity contribution in [1.29, 1.82) is 0 Å². The van der Waals surface area contributed by atoms with Gasteiger partial charge in [-0.2, -0.15) is 22.0 Å². The minimum absolute atomic E-state index is 0.441. The Labute approximate surface area is 113 Å². The average molecular weight is 347 g/mol. The van der Waals surface area contributed by atoms with Crippen LogP contribution in [0.3, 0.4) is 0 Å². The van der Waals surface area contributed by atoms with E-state index in [9.17, 15) is 26.7 Å². The molecule has 0 bridgehead atoms. The molecule has 0 amide bonds. The predicted octanol–water partition coefficient (Wildman–Crippen LogP) is 4.33. The number of hydrogen-bond acceptors (Lipinski definition) is 2. The van der Waals surface area contributed by atoms with Gasteiger partial charge in [0.05, 0.1) is 10.4 Å². The average Bonchev–Trinajstić information content (AvgIpc) is 2.25. The van der Waals surface area contributed by atoms with Crippen molar-refractivity contribution < 1.29 is 31.5 Å². The van der Waals surface area contributed by atoms with E-state index < -0.39 is 40.3 Å². The molecule has 0 radical (unpaired) electrons. The van der Waals surface area contributed by atoms with E-state index in [-0.39, 0.29) is 0 Å². The second kappa shape index (κ2) is 5.85. The molecule has 1 aromatic rings. The molecule has 106 valence electrons. The van der Waals surface area contributed by atoms with Crippen molar-refractivity contribution in [3.63, 3.8) is 0 Å². The van der Waals surface area contributed by atoms with Gasteiger partial charge in [-0.1, -0.05) is 15.9 Å². The van der Waals surface area contributed by atoms with Gasteiger partial charge in [0, 0.05) is 0 Å². The lowest BCUT2D eigenvalue weighted by Crippen LogP contribution is -2.14. The zero-order valence-corrected chi connectivity index (χ0v) is 11.1. The Morgan fingerprint density at radius 1 is 1.32 bits per heavy atom. The van der Waals surface area contributed by atoms with E-state index in [1.165, 1.54) is 0 Å². The largest absolute Gasteiger partial charge is 0.435 e. The van der Waals surface area contributed by atoms with E-state index in [0.29, 0.717) is 6.07 Å². The van der Waals surface area contributed by atoms with Gasteiger partial charge in [-0.05, 0) is 30.7 Å². The van der Waals surface area contributed by atoms with Crippen molar-refractivity contribution in [3.05, 3.63) is 29.3 Å². The molecule has 2 nitrogen and oxygen atoms in total. The van der Waals surface area contributed by atoms with Crippen molar-refractivity contribution in [1.82, 2.24) is 0 Å². The van der Waals surface area contributed by atoms with Crippen LogP contribution in [-0.2, 0) is 11.0 Å². The molecule has 1 atom stereocenters. The van der Waals surface area contributed by atoms with Crippen LogP contribution < -0.4 is 4.74 Å². The summed E-state index contributed by atoms with van der Waals surface area (Å²) in [5.41, 5.74) is -1.54. The van der Waals surface area contributed by atoms with Gasteiger partial charge in [-0.15, -0.1) is 0 Å². The van der Waals surface area contributed by atoms with Crippen LogP contribution in [0.1, 0.15) is 22.9 Å². The molecule has 1 aromatic carbocycles. The highest BCUT2D eigenvalue weighted by Crippen LogP contribution is 2.39. The molecule has 0 heterocycles. The van der Waals surface area contributed by atoms with Crippen LogP contribution in [0.25, 0.3) is 0 Å². The maximum Gasteiger partial charge on any atom is 0.416 e. The first-order valence-corrected chi connectivity index (χ1v) is 5.85. The standard InChI is InChI=1S/C11H8BrF5O2/c1-5(18)9(12)7-4-6(19-10(13)14)2-3-8(7)11(15,16)17/h2-4,9-10H,1H3. The van der Waals surface area contributed by atoms with Crippen LogP contribution in [0, 0.1) is 0 Å². The topological polar surface area (TPSA) is 26.3 Å². The maximum absolute atomic E-state index is 12.7. The molecule has 0 fully saturated rings. The van der Waals surface area contributed by atoms with Gasteiger partial charge in [-0.3, -0.25) is 4.79 Å². The highest BCUT2D eigenvalue weighted by molar-refractivity contribution is 9.09. The Hall–Kier alpha value is -1.18. The molecule has 1 rings (SSSR count). The number of ether oxygens (including phenoxy) is 1. The van der Waals surface area contributed by atoms with Gasteiger partial charge in [-0.25, -0.2) is 0 Å². The monoisotopic (exact) mass is 346 g/mol. The first-order chi connectivity index (χ1) is 8.62. The number of alkyl halides is 6. The first kappa shape index (κ1) is 15.9. The third-order valence-corrected chi connectivity index (χ3v) is 3.32. The van der Waals surface area contributed by atoms with E-state index in [2.05, 4.69) is 20.7 Å². The number of halogens is 6. The smallest absolute Gasteiger partial charge is 0.416 e. The fraction of sp³-hybridized carbons (Fsp3) is 0.364. The van der Waals surface area contributed by atoms with Gasteiger partial charge < -0.3 is 4.74 Å². The summed E-state index contributed by atoms with van der Waals surface area (Å²) in [4.78, 5) is 9.91. The molecule has 0 spiro atoms. The van der Waals surface area contributed by atoms with Crippen LogP contribution >= 0.6 is 15.9 Å². The molecule has 8 heteroatoms. The van der Waals surface area contributed by atoms with Crippen molar-refractivity contribution in [3.8, 4) is 5.75 Å². The number of ketones is 1. The minimum Gasteiger partial charge on any atom is -0.435 e. The number of benzene rings is 1. The summed E-state index contributed by atoms with van der Waals surface area (Å²) >= 11 is 2.80. The molecule has 0 aromatic heterocycles. The molecular formula is C11H8BrF5O2. The Balaban J connectivity index is 3.30. The Kier molecular flexibility index (Phi) is 4.89. The summed E-state index contributed by atoms with van der Waals surface area (Å²) in [5.74, 6) is -1.02. The summed E-state index contributed by atoms with van der Waals surface area (Å²) in [5, 5.41) is 0. The lowest BCUT2D eigenvalue weighted by Gasteiger charge is -2.17. The van der Waals surface area contributed by atoms with E-state index in [1.807, 2.05) is 0 Å². The van der Waals surface area contributed by atoms with Crippen LogP contribution in [0.2, 0.25) is 0 Å². The van der Waals surface area contributed by atoms with Gasteiger partial charge in [0.1, 0.15) is 11.5 Å². The number of hydrogen-bond donors (Lipinski definition) is 0. The Morgan fingerprint density at radius 3 is 2.32 bits per heavy atom. The van der Waals surface area contributed by atoms with Crippen LogP contribution in [0.5, 0.6) is 5.75 Å². The minimum atomic E-state index is -4.69. The van der Waals surface area contributed by atoms with E-state index >= 15 is 0 Å². The molecule has 0 aliphatic carbocycles. The quantitative estimate of drug-likeness (QED) is 0.599. The van der Waals surface area contributed by atoms with E-state index in [4.69, 9.17) is 0 Å². The summed E-state index contributed by atoms with van der Waals surface area (Å²) in [6.45, 7) is -2.07. The molecular weight excluding hydrogens is 339 g/mol. The Bertz CT molecular complexity index is 473. The van der Waals surface area contributed by atoms with Gasteiger partial charge in [0.25, 0.3) is 0 Å². The number of carbonyl (C=O) groups excluding carboxylic acids is 1. The summed E-state index contributed by atoms with van der Waals surface area (Å²) in [6, 6.07) is 2.15. The lowest BCUT2D eigenvalue weighted by atomic mass is 10.0. The third kappa shape index (κ3) is 4.15. The number of rotatable bonds is 4.